The summed E-state index contributed by atoms with van der Waals surface area (Å²) >= 11 is 0. The molecule has 1 aromatic carbocycles. The molecule has 0 radical (unpaired) electrons. The van der Waals surface area contributed by atoms with Gasteiger partial charge in [0, 0.05) is 24.7 Å². The molecule has 0 fully saturated rings. The van der Waals surface area contributed by atoms with Gasteiger partial charge in [-0.25, -0.2) is 0 Å². The molecule has 0 aliphatic carbocycles. The monoisotopic (exact) mass is 275 g/mol. The van der Waals surface area contributed by atoms with Crippen LogP contribution in [0, 0.1) is 0 Å². The third-order valence-corrected chi connectivity index (χ3v) is 3.35. The van der Waals surface area contributed by atoms with Gasteiger partial charge in [-0.15, -0.1) is 0 Å². The first kappa shape index (κ1) is 14.9. The van der Waals surface area contributed by atoms with Crippen molar-refractivity contribution in [1.82, 2.24) is 4.57 Å². The predicted octanol–water partition coefficient (Wildman–Crippen LogP) is 4.25. The molecule has 0 saturated heterocycles. The van der Waals surface area contributed by atoms with Gasteiger partial charge in [-0.2, -0.15) is 0 Å². The molecule has 0 spiro atoms. The first-order valence-electron chi connectivity index (χ1n) is 7.65. The van der Waals surface area contributed by atoms with Gasteiger partial charge in [0.15, 0.2) is 0 Å². The molecule has 3 heteroatoms. The summed E-state index contributed by atoms with van der Waals surface area (Å²) in [6.45, 7) is 7.60. The number of nitrogens with zero attached hydrogens (tertiary/aromatic N) is 1. The van der Waals surface area contributed by atoms with Crippen molar-refractivity contribution in [2.45, 2.75) is 39.7 Å². The number of rotatable bonds is 9. The highest BCUT2D eigenvalue weighted by Crippen LogP contribution is 2.26. The lowest BCUT2D eigenvalue weighted by Gasteiger charge is -2.09. The van der Waals surface area contributed by atoms with E-state index in [4.69, 9.17) is 9.47 Å². The second-order valence-electron chi connectivity index (χ2n) is 5.01. The normalized spacial score (nSPS) is 11.1. The molecular formula is C17H25NO2. The SMILES string of the molecule is CCCCOCCn1ccc2c(OCCC)cccc21. The zero-order chi connectivity index (χ0) is 14.2. The van der Waals surface area contributed by atoms with Gasteiger partial charge in [0.1, 0.15) is 5.75 Å². The Bertz CT molecular complexity index is 519. The Morgan fingerprint density at radius 2 is 1.90 bits per heavy atom. The lowest BCUT2D eigenvalue weighted by molar-refractivity contribution is 0.124. The second kappa shape index (κ2) is 7.95. The van der Waals surface area contributed by atoms with Gasteiger partial charge in [0.05, 0.1) is 18.7 Å². The Balaban J connectivity index is 2.00. The summed E-state index contributed by atoms with van der Waals surface area (Å²) in [5, 5.41) is 1.19. The quantitative estimate of drug-likeness (QED) is 0.639. The standard InChI is InChI=1S/C17H25NO2/c1-3-5-13-19-14-11-18-10-9-15-16(18)7-6-8-17(15)20-12-4-2/h6-10H,3-5,11-14H2,1-2H3. The Morgan fingerprint density at radius 3 is 2.70 bits per heavy atom. The van der Waals surface area contributed by atoms with E-state index in [9.17, 15) is 0 Å². The molecule has 20 heavy (non-hydrogen) atoms. The van der Waals surface area contributed by atoms with E-state index < -0.39 is 0 Å². The highest BCUT2D eigenvalue weighted by atomic mass is 16.5. The molecule has 0 amide bonds. The van der Waals surface area contributed by atoms with Crippen molar-refractivity contribution in [3.05, 3.63) is 30.5 Å². The predicted molar refractivity (Wildman–Crippen MR) is 83.5 cm³/mol. The molecule has 0 unspecified atom stereocenters. The van der Waals surface area contributed by atoms with Crippen molar-refractivity contribution < 1.29 is 9.47 Å². The van der Waals surface area contributed by atoms with Crippen LogP contribution in [-0.4, -0.2) is 24.4 Å². The molecule has 0 saturated carbocycles. The van der Waals surface area contributed by atoms with Crippen LogP contribution in [0.25, 0.3) is 10.9 Å². The molecule has 0 bridgehead atoms. The Morgan fingerprint density at radius 1 is 1.00 bits per heavy atom. The molecule has 2 aromatic rings. The van der Waals surface area contributed by atoms with Crippen LogP contribution in [0.4, 0.5) is 0 Å². The van der Waals surface area contributed by atoms with Crippen LogP contribution in [0.15, 0.2) is 30.5 Å². The zero-order valence-electron chi connectivity index (χ0n) is 12.6. The fourth-order valence-electron chi connectivity index (χ4n) is 2.24. The lowest BCUT2D eigenvalue weighted by atomic mass is 10.2. The number of ether oxygens (including phenoxy) is 2. The van der Waals surface area contributed by atoms with Gasteiger partial charge in [-0.1, -0.05) is 26.3 Å². The van der Waals surface area contributed by atoms with Crippen LogP contribution in [0.2, 0.25) is 0 Å². The average molecular weight is 275 g/mol. The molecule has 3 nitrogen and oxygen atoms in total. The molecule has 110 valence electrons. The highest BCUT2D eigenvalue weighted by molar-refractivity contribution is 5.86. The Labute approximate surface area is 121 Å². The van der Waals surface area contributed by atoms with Gasteiger partial charge in [-0.3, -0.25) is 0 Å². The molecule has 1 aromatic heterocycles. The third-order valence-electron chi connectivity index (χ3n) is 3.35. The minimum absolute atomic E-state index is 0.768. The maximum absolute atomic E-state index is 5.79. The van der Waals surface area contributed by atoms with Crippen molar-refractivity contribution in [2.75, 3.05) is 19.8 Å². The number of aromatic nitrogens is 1. The molecule has 0 aliphatic rings. The van der Waals surface area contributed by atoms with Gasteiger partial charge in [0.25, 0.3) is 0 Å². The van der Waals surface area contributed by atoms with Crippen LogP contribution in [0.1, 0.15) is 33.1 Å². The van der Waals surface area contributed by atoms with E-state index in [0.29, 0.717) is 0 Å². The molecule has 0 aliphatic heterocycles. The van der Waals surface area contributed by atoms with Crippen molar-refractivity contribution in [1.29, 1.82) is 0 Å². The fourth-order valence-corrected chi connectivity index (χ4v) is 2.24. The molecular weight excluding hydrogens is 250 g/mol. The number of hydrogen-bond acceptors (Lipinski definition) is 2. The summed E-state index contributed by atoms with van der Waals surface area (Å²) in [5.41, 5.74) is 1.22. The van der Waals surface area contributed by atoms with E-state index in [1.807, 2.05) is 6.07 Å². The fraction of sp³-hybridized carbons (Fsp3) is 0.529. The van der Waals surface area contributed by atoms with Crippen LogP contribution >= 0.6 is 0 Å². The number of hydrogen-bond donors (Lipinski definition) is 0. The van der Waals surface area contributed by atoms with Crippen LogP contribution in [-0.2, 0) is 11.3 Å². The van der Waals surface area contributed by atoms with Gasteiger partial charge in [0.2, 0.25) is 0 Å². The lowest BCUT2D eigenvalue weighted by Crippen LogP contribution is -2.05. The van der Waals surface area contributed by atoms with Crippen molar-refractivity contribution >= 4 is 10.9 Å². The Kier molecular flexibility index (Phi) is 5.93. The van der Waals surface area contributed by atoms with E-state index in [0.717, 1.165) is 45.0 Å². The summed E-state index contributed by atoms with van der Waals surface area (Å²) in [6.07, 6.45) is 5.47. The number of unbranched alkanes of at least 4 members (excludes halogenated alkanes) is 1. The van der Waals surface area contributed by atoms with E-state index in [1.54, 1.807) is 0 Å². The van der Waals surface area contributed by atoms with Crippen LogP contribution < -0.4 is 4.74 Å². The van der Waals surface area contributed by atoms with Gasteiger partial charge < -0.3 is 14.0 Å². The van der Waals surface area contributed by atoms with E-state index in [2.05, 4.69) is 42.8 Å². The molecule has 0 atom stereocenters. The number of fused-ring (bicyclic) bond motifs is 1. The number of benzene rings is 1. The van der Waals surface area contributed by atoms with E-state index in [1.165, 1.54) is 17.3 Å². The van der Waals surface area contributed by atoms with Gasteiger partial charge in [-0.05, 0) is 31.0 Å². The third kappa shape index (κ3) is 3.76. The molecule has 0 N–H and O–H groups in total. The largest absolute Gasteiger partial charge is 0.493 e. The van der Waals surface area contributed by atoms with Crippen LogP contribution in [0.3, 0.4) is 0 Å². The first-order chi connectivity index (χ1) is 9.86. The Hall–Kier alpha value is -1.48. The van der Waals surface area contributed by atoms with E-state index >= 15 is 0 Å². The van der Waals surface area contributed by atoms with E-state index in [-0.39, 0.29) is 0 Å². The summed E-state index contributed by atoms with van der Waals surface area (Å²) in [4.78, 5) is 0. The second-order valence-corrected chi connectivity index (χ2v) is 5.01. The van der Waals surface area contributed by atoms with Crippen molar-refractivity contribution in [2.24, 2.45) is 0 Å². The smallest absolute Gasteiger partial charge is 0.128 e. The van der Waals surface area contributed by atoms with Crippen molar-refractivity contribution in [3.63, 3.8) is 0 Å². The average Bonchev–Trinajstić information content (AvgIpc) is 2.89. The maximum atomic E-state index is 5.79. The summed E-state index contributed by atoms with van der Waals surface area (Å²) in [6, 6.07) is 8.37. The maximum Gasteiger partial charge on any atom is 0.128 e. The minimum Gasteiger partial charge on any atom is -0.493 e. The van der Waals surface area contributed by atoms with Gasteiger partial charge >= 0.3 is 0 Å². The first-order valence-corrected chi connectivity index (χ1v) is 7.65. The molecule has 2 rings (SSSR count). The van der Waals surface area contributed by atoms with Crippen molar-refractivity contribution in [3.8, 4) is 5.75 Å². The van der Waals surface area contributed by atoms with Crippen LogP contribution in [0.5, 0.6) is 5.75 Å². The minimum atomic E-state index is 0.768. The topological polar surface area (TPSA) is 23.4 Å². The summed E-state index contributed by atoms with van der Waals surface area (Å²) in [5.74, 6) is 0.981. The highest BCUT2D eigenvalue weighted by Gasteiger charge is 2.06. The molecule has 1 heterocycles. The summed E-state index contributed by atoms with van der Waals surface area (Å²) < 4.78 is 13.7. The summed E-state index contributed by atoms with van der Waals surface area (Å²) in [7, 11) is 0. The zero-order valence-corrected chi connectivity index (χ0v) is 12.6.